The standard InChI is InChI=1S/C15H26O3/c1-4-6-8-12-15(3,11-7-5-2)13(16)9-10-14(17)18/h9-10H,4-8,11-12H2,1-3H3,(H,17,18)/b10-9-. The van der Waals surface area contributed by atoms with Crippen molar-refractivity contribution >= 4 is 11.8 Å². The van der Waals surface area contributed by atoms with Gasteiger partial charge in [-0.25, -0.2) is 4.79 Å². The van der Waals surface area contributed by atoms with Gasteiger partial charge in [0.25, 0.3) is 0 Å². The Balaban J connectivity index is 4.61. The largest absolute Gasteiger partial charge is 0.478 e. The van der Waals surface area contributed by atoms with Crippen LogP contribution in [0.3, 0.4) is 0 Å². The number of hydrogen-bond acceptors (Lipinski definition) is 2. The van der Waals surface area contributed by atoms with Crippen LogP contribution in [-0.2, 0) is 9.59 Å². The smallest absolute Gasteiger partial charge is 0.328 e. The van der Waals surface area contributed by atoms with Crippen LogP contribution < -0.4 is 0 Å². The van der Waals surface area contributed by atoms with Crippen LogP contribution in [0.4, 0.5) is 0 Å². The fourth-order valence-corrected chi connectivity index (χ4v) is 2.05. The molecule has 3 heteroatoms. The summed E-state index contributed by atoms with van der Waals surface area (Å²) in [4.78, 5) is 22.6. The third-order valence-electron chi connectivity index (χ3n) is 3.39. The fourth-order valence-electron chi connectivity index (χ4n) is 2.05. The van der Waals surface area contributed by atoms with Crippen molar-refractivity contribution in [2.24, 2.45) is 5.41 Å². The number of carbonyl (C=O) groups excluding carboxylic acids is 1. The average Bonchev–Trinajstić information content (AvgIpc) is 2.33. The maximum absolute atomic E-state index is 12.1. The van der Waals surface area contributed by atoms with Crippen LogP contribution in [-0.4, -0.2) is 16.9 Å². The highest BCUT2D eigenvalue weighted by molar-refractivity contribution is 5.98. The molecule has 0 aliphatic carbocycles. The highest BCUT2D eigenvalue weighted by Crippen LogP contribution is 2.32. The van der Waals surface area contributed by atoms with Gasteiger partial charge in [0.05, 0.1) is 0 Å². The number of rotatable bonds is 10. The van der Waals surface area contributed by atoms with Gasteiger partial charge < -0.3 is 5.11 Å². The van der Waals surface area contributed by atoms with E-state index in [4.69, 9.17) is 5.11 Å². The monoisotopic (exact) mass is 254 g/mol. The van der Waals surface area contributed by atoms with Crippen LogP contribution in [0.5, 0.6) is 0 Å². The second kappa shape index (κ2) is 8.90. The van der Waals surface area contributed by atoms with E-state index in [1.54, 1.807) is 0 Å². The molecule has 0 aromatic carbocycles. The third-order valence-corrected chi connectivity index (χ3v) is 3.39. The van der Waals surface area contributed by atoms with Gasteiger partial charge in [-0.1, -0.05) is 52.9 Å². The first-order chi connectivity index (χ1) is 8.46. The molecule has 0 aliphatic heterocycles. The molecule has 0 fully saturated rings. The first-order valence-electron chi connectivity index (χ1n) is 6.91. The molecule has 0 heterocycles. The van der Waals surface area contributed by atoms with Crippen molar-refractivity contribution in [3.05, 3.63) is 12.2 Å². The SMILES string of the molecule is CCCCCC(C)(CCCC)C(=O)/C=C\C(=O)O. The fraction of sp³-hybridized carbons (Fsp3) is 0.733. The highest BCUT2D eigenvalue weighted by atomic mass is 16.4. The number of unbranched alkanes of at least 4 members (excludes halogenated alkanes) is 3. The average molecular weight is 254 g/mol. The van der Waals surface area contributed by atoms with Crippen LogP contribution in [0.2, 0.25) is 0 Å². The Morgan fingerprint density at radius 2 is 1.56 bits per heavy atom. The van der Waals surface area contributed by atoms with Crippen LogP contribution in [0.25, 0.3) is 0 Å². The predicted molar refractivity (Wildman–Crippen MR) is 73.6 cm³/mol. The minimum absolute atomic E-state index is 0.0468. The van der Waals surface area contributed by atoms with Crippen molar-refractivity contribution in [1.29, 1.82) is 0 Å². The van der Waals surface area contributed by atoms with Crippen LogP contribution in [0, 0.1) is 5.41 Å². The molecule has 0 spiro atoms. The molecule has 0 rings (SSSR count). The van der Waals surface area contributed by atoms with Gasteiger partial charge in [-0.2, -0.15) is 0 Å². The van der Waals surface area contributed by atoms with Crippen molar-refractivity contribution in [3.8, 4) is 0 Å². The molecule has 0 saturated carbocycles. The number of ketones is 1. The van der Waals surface area contributed by atoms with E-state index in [9.17, 15) is 9.59 Å². The van der Waals surface area contributed by atoms with Gasteiger partial charge in [0.2, 0.25) is 0 Å². The molecule has 0 saturated heterocycles. The molecule has 18 heavy (non-hydrogen) atoms. The van der Waals surface area contributed by atoms with Gasteiger partial charge in [0, 0.05) is 11.5 Å². The van der Waals surface area contributed by atoms with Crippen LogP contribution >= 0.6 is 0 Å². The summed E-state index contributed by atoms with van der Waals surface area (Å²) in [5.74, 6) is -1.11. The topological polar surface area (TPSA) is 54.4 Å². The molecule has 3 nitrogen and oxygen atoms in total. The number of aliphatic carboxylic acids is 1. The summed E-state index contributed by atoms with van der Waals surface area (Å²) >= 11 is 0. The minimum Gasteiger partial charge on any atom is -0.478 e. The highest BCUT2D eigenvalue weighted by Gasteiger charge is 2.29. The summed E-state index contributed by atoms with van der Waals surface area (Å²) in [7, 11) is 0. The number of carboxylic acids is 1. The first-order valence-corrected chi connectivity index (χ1v) is 6.91. The normalized spacial score (nSPS) is 14.6. The molecule has 0 aromatic rings. The lowest BCUT2D eigenvalue weighted by Crippen LogP contribution is -2.26. The third kappa shape index (κ3) is 6.58. The first kappa shape index (κ1) is 16.9. The number of hydrogen-bond donors (Lipinski definition) is 1. The number of carbonyl (C=O) groups is 2. The van der Waals surface area contributed by atoms with Gasteiger partial charge in [-0.15, -0.1) is 0 Å². The molecule has 0 radical (unpaired) electrons. The molecule has 104 valence electrons. The van der Waals surface area contributed by atoms with Crippen molar-refractivity contribution in [2.45, 2.75) is 65.7 Å². The Kier molecular flexibility index (Phi) is 8.34. The van der Waals surface area contributed by atoms with Crippen molar-refractivity contribution in [2.75, 3.05) is 0 Å². The maximum atomic E-state index is 12.1. The van der Waals surface area contributed by atoms with Gasteiger partial charge in [0.15, 0.2) is 5.78 Å². The predicted octanol–water partition coefficient (Wildman–Crippen LogP) is 3.97. The maximum Gasteiger partial charge on any atom is 0.328 e. The summed E-state index contributed by atoms with van der Waals surface area (Å²) in [5, 5.41) is 8.58. The number of allylic oxidation sites excluding steroid dienone is 1. The van der Waals surface area contributed by atoms with E-state index in [1.165, 1.54) is 6.08 Å². The zero-order valence-electron chi connectivity index (χ0n) is 11.9. The van der Waals surface area contributed by atoms with Gasteiger partial charge >= 0.3 is 5.97 Å². The molecule has 0 aliphatic rings. The summed E-state index contributed by atoms with van der Waals surface area (Å²) in [6.07, 6.45) is 9.22. The molecule has 1 atom stereocenters. The summed E-state index contributed by atoms with van der Waals surface area (Å²) in [5.41, 5.74) is -0.392. The Hall–Kier alpha value is -1.12. The van der Waals surface area contributed by atoms with Crippen molar-refractivity contribution in [1.82, 2.24) is 0 Å². The van der Waals surface area contributed by atoms with Gasteiger partial charge in [-0.3, -0.25) is 4.79 Å². The molecule has 0 bridgehead atoms. The summed E-state index contributed by atoms with van der Waals surface area (Å²) in [6, 6.07) is 0. The van der Waals surface area contributed by atoms with E-state index in [0.717, 1.165) is 51.0 Å². The van der Waals surface area contributed by atoms with E-state index < -0.39 is 11.4 Å². The number of carboxylic acid groups (broad SMARTS) is 1. The minimum atomic E-state index is -1.06. The quantitative estimate of drug-likeness (QED) is 0.474. The van der Waals surface area contributed by atoms with Crippen molar-refractivity contribution < 1.29 is 14.7 Å². The van der Waals surface area contributed by atoms with Crippen molar-refractivity contribution in [3.63, 3.8) is 0 Å². The van der Waals surface area contributed by atoms with Crippen LogP contribution in [0.1, 0.15) is 65.7 Å². The van der Waals surface area contributed by atoms with Gasteiger partial charge in [-0.05, 0) is 18.9 Å². The molecular formula is C15H26O3. The Morgan fingerprint density at radius 3 is 2.06 bits per heavy atom. The van der Waals surface area contributed by atoms with E-state index in [0.29, 0.717) is 0 Å². The van der Waals surface area contributed by atoms with Gasteiger partial charge in [0.1, 0.15) is 0 Å². The zero-order chi connectivity index (χ0) is 14.0. The Bertz CT molecular complexity index is 294. The summed E-state index contributed by atoms with van der Waals surface area (Å²) in [6.45, 7) is 6.20. The molecule has 0 aromatic heterocycles. The summed E-state index contributed by atoms with van der Waals surface area (Å²) < 4.78 is 0. The molecule has 0 amide bonds. The zero-order valence-corrected chi connectivity index (χ0v) is 11.9. The van der Waals surface area contributed by atoms with E-state index in [1.807, 2.05) is 6.92 Å². The van der Waals surface area contributed by atoms with E-state index >= 15 is 0 Å². The lowest BCUT2D eigenvalue weighted by atomic mass is 9.76. The molecular weight excluding hydrogens is 228 g/mol. The lowest BCUT2D eigenvalue weighted by Gasteiger charge is -2.26. The van der Waals surface area contributed by atoms with E-state index in [2.05, 4.69) is 13.8 Å². The van der Waals surface area contributed by atoms with E-state index in [-0.39, 0.29) is 5.78 Å². The Labute approximate surface area is 110 Å². The lowest BCUT2D eigenvalue weighted by molar-refractivity contribution is -0.132. The molecule has 1 unspecified atom stereocenters. The Morgan fingerprint density at radius 1 is 1.00 bits per heavy atom. The second-order valence-electron chi connectivity index (χ2n) is 5.16. The molecule has 1 N–H and O–H groups in total. The van der Waals surface area contributed by atoms with Crippen LogP contribution in [0.15, 0.2) is 12.2 Å². The second-order valence-corrected chi connectivity index (χ2v) is 5.16.